The molecule has 0 spiro atoms. The summed E-state index contributed by atoms with van der Waals surface area (Å²) in [5.41, 5.74) is -2.13. The second-order valence-electron chi connectivity index (χ2n) is 9.80. The van der Waals surface area contributed by atoms with Crippen LogP contribution in [-0.2, 0) is 22.2 Å². The summed E-state index contributed by atoms with van der Waals surface area (Å²) in [6.07, 6.45) is -5.79. The molecule has 1 fully saturated rings. The van der Waals surface area contributed by atoms with Crippen molar-refractivity contribution in [2.24, 2.45) is 5.92 Å². The van der Waals surface area contributed by atoms with Crippen molar-refractivity contribution in [3.8, 4) is 11.1 Å². The first-order valence-electron chi connectivity index (χ1n) is 11.8. The maximum atomic E-state index is 13.4. The molecule has 1 amide bonds. The third-order valence-corrected chi connectivity index (χ3v) is 9.75. The summed E-state index contributed by atoms with van der Waals surface area (Å²) in [5.74, 6) is -1.13. The van der Waals surface area contributed by atoms with Gasteiger partial charge in [-0.15, -0.1) is 0 Å². The Morgan fingerprint density at radius 3 is 2.18 bits per heavy atom. The minimum Gasteiger partial charge on any atom is -0.337 e. The van der Waals surface area contributed by atoms with Gasteiger partial charge in [0.05, 0.1) is 27.0 Å². The number of nitrogens with one attached hydrogen (secondary N) is 1. The van der Waals surface area contributed by atoms with E-state index in [-0.39, 0.29) is 42.8 Å². The van der Waals surface area contributed by atoms with E-state index in [1.165, 1.54) is 31.1 Å². The number of sulfone groups is 1. The molecular formula is C25H24F6N4O3S. The second-order valence-corrected chi connectivity index (χ2v) is 12.3. The van der Waals surface area contributed by atoms with Crippen molar-refractivity contribution in [3.63, 3.8) is 0 Å². The van der Waals surface area contributed by atoms with Gasteiger partial charge >= 0.3 is 12.4 Å². The lowest BCUT2D eigenvalue weighted by molar-refractivity contribution is -0.138. The number of H-pyrrole nitrogens is 1. The number of alkyl halides is 6. The lowest BCUT2D eigenvalue weighted by atomic mass is 9.85. The summed E-state index contributed by atoms with van der Waals surface area (Å²) < 4.78 is 105. The highest BCUT2D eigenvalue weighted by Gasteiger charge is 2.45. The van der Waals surface area contributed by atoms with Crippen molar-refractivity contribution >= 4 is 15.7 Å². The molecule has 1 aliphatic heterocycles. The number of carbonyl (C=O) groups is 1. The van der Waals surface area contributed by atoms with E-state index in [2.05, 4.69) is 15.2 Å². The number of pyridine rings is 1. The first-order chi connectivity index (χ1) is 18.0. The molecule has 0 radical (unpaired) electrons. The average Bonchev–Trinajstić information content (AvgIpc) is 3.42. The molecule has 3 aromatic rings. The zero-order valence-electron chi connectivity index (χ0n) is 20.8. The summed E-state index contributed by atoms with van der Waals surface area (Å²) in [4.78, 5) is 18.1. The van der Waals surface area contributed by atoms with E-state index in [1.54, 1.807) is 0 Å². The molecule has 2 aromatic heterocycles. The van der Waals surface area contributed by atoms with Crippen LogP contribution in [0.5, 0.6) is 0 Å². The monoisotopic (exact) mass is 574 g/mol. The predicted octanol–water partition coefficient (Wildman–Crippen LogP) is 5.61. The molecule has 14 heteroatoms. The minimum atomic E-state index is -4.71. The van der Waals surface area contributed by atoms with Crippen LogP contribution in [0.3, 0.4) is 0 Å². The van der Waals surface area contributed by atoms with Gasteiger partial charge in [-0.3, -0.25) is 9.89 Å². The topological polar surface area (TPSA) is 96.0 Å². The van der Waals surface area contributed by atoms with Gasteiger partial charge in [-0.25, -0.2) is 13.4 Å². The average molecular weight is 575 g/mol. The molecule has 1 N–H and O–H groups in total. The van der Waals surface area contributed by atoms with Crippen LogP contribution in [0.1, 0.15) is 48.3 Å². The quantitative estimate of drug-likeness (QED) is 0.400. The fourth-order valence-electron chi connectivity index (χ4n) is 4.70. The largest absolute Gasteiger partial charge is 0.417 e. The lowest BCUT2D eigenvalue weighted by Gasteiger charge is -2.40. The molecule has 4 rings (SSSR count). The molecule has 1 saturated heterocycles. The number of nitrogens with zero attached hydrogens (tertiary/aromatic N) is 3. The highest BCUT2D eigenvalue weighted by atomic mass is 32.2. The van der Waals surface area contributed by atoms with E-state index in [0.717, 1.165) is 24.3 Å². The van der Waals surface area contributed by atoms with Crippen LogP contribution in [0.15, 0.2) is 53.8 Å². The lowest BCUT2D eigenvalue weighted by Crippen LogP contribution is -2.47. The summed E-state index contributed by atoms with van der Waals surface area (Å²) >= 11 is 0. The number of hydrogen-bond donors (Lipinski definition) is 1. The number of rotatable bonds is 5. The number of halogens is 6. The Morgan fingerprint density at radius 1 is 0.974 bits per heavy atom. The smallest absolute Gasteiger partial charge is 0.337 e. The molecule has 0 bridgehead atoms. The van der Waals surface area contributed by atoms with Gasteiger partial charge in [0.15, 0.2) is 9.84 Å². The number of benzene rings is 1. The highest BCUT2D eigenvalue weighted by molar-refractivity contribution is 7.92. The Balaban J connectivity index is 1.55. The van der Waals surface area contributed by atoms with Gasteiger partial charge < -0.3 is 4.90 Å². The standard InChI is InChI=1S/C25H24F6N4O3S/c1-23(2,39(37,38)19-5-3-4-17(10-19)24(26,27)28)16-6-8-35(9-7-16)22(36)21-20(15-12-33-34-13-15)11-18(14-32-21)25(29,30)31/h3-5,10-14,16H,6-9H2,1-2H3,(H,33,34). The van der Waals surface area contributed by atoms with Crippen LogP contribution in [0.2, 0.25) is 0 Å². The molecule has 0 atom stereocenters. The van der Waals surface area contributed by atoms with Crippen LogP contribution in [0, 0.1) is 5.92 Å². The Kier molecular flexibility index (Phi) is 7.30. The van der Waals surface area contributed by atoms with Crippen molar-refractivity contribution in [3.05, 3.63) is 65.7 Å². The van der Waals surface area contributed by atoms with E-state index in [4.69, 9.17) is 0 Å². The molecule has 3 heterocycles. The van der Waals surface area contributed by atoms with Gasteiger partial charge in [0.2, 0.25) is 0 Å². The van der Waals surface area contributed by atoms with Gasteiger partial charge in [-0.2, -0.15) is 31.4 Å². The van der Waals surface area contributed by atoms with Crippen molar-refractivity contribution < 1.29 is 39.6 Å². The SMILES string of the molecule is CC(C)(C1CCN(C(=O)c2ncc(C(F)(F)F)cc2-c2cn[nH]c2)CC1)S(=O)(=O)c1cccc(C(F)(F)F)c1. The van der Waals surface area contributed by atoms with Crippen molar-refractivity contribution in [1.82, 2.24) is 20.1 Å². The maximum absolute atomic E-state index is 13.4. The first kappa shape index (κ1) is 28.6. The Morgan fingerprint density at radius 2 is 1.62 bits per heavy atom. The Bertz CT molecular complexity index is 1460. The number of amides is 1. The van der Waals surface area contributed by atoms with Gasteiger partial charge in [-0.05, 0) is 56.9 Å². The Hall–Kier alpha value is -3.42. The predicted molar refractivity (Wildman–Crippen MR) is 128 cm³/mol. The minimum absolute atomic E-state index is 0.0573. The van der Waals surface area contributed by atoms with Crippen molar-refractivity contribution in [2.75, 3.05) is 13.1 Å². The zero-order chi connectivity index (χ0) is 28.8. The van der Waals surface area contributed by atoms with E-state index in [1.807, 2.05) is 0 Å². The number of aromatic nitrogens is 3. The summed E-state index contributed by atoms with van der Waals surface area (Å²) in [7, 11) is -4.20. The van der Waals surface area contributed by atoms with E-state index < -0.39 is 54.8 Å². The fourth-order valence-corrected chi connectivity index (χ4v) is 6.52. The van der Waals surface area contributed by atoms with Gasteiger partial charge in [-0.1, -0.05) is 6.07 Å². The van der Waals surface area contributed by atoms with E-state index in [9.17, 15) is 39.6 Å². The van der Waals surface area contributed by atoms with E-state index in [0.29, 0.717) is 12.3 Å². The number of piperidine rings is 1. The van der Waals surface area contributed by atoms with Crippen LogP contribution in [0.4, 0.5) is 26.3 Å². The summed E-state index contributed by atoms with van der Waals surface area (Å²) in [6, 6.07) is 4.40. The number of aromatic amines is 1. The normalized spacial score (nSPS) is 15.9. The van der Waals surface area contributed by atoms with Crippen molar-refractivity contribution in [2.45, 2.75) is 48.7 Å². The van der Waals surface area contributed by atoms with Gasteiger partial charge in [0.25, 0.3) is 5.91 Å². The zero-order valence-corrected chi connectivity index (χ0v) is 21.6. The third-order valence-electron chi connectivity index (χ3n) is 7.16. The Labute approximate surface area is 220 Å². The number of carbonyl (C=O) groups excluding carboxylic acids is 1. The molecule has 39 heavy (non-hydrogen) atoms. The molecule has 0 saturated carbocycles. The summed E-state index contributed by atoms with van der Waals surface area (Å²) in [5, 5.41) is 6.22. The third kappa shape index (κ3) is 5.52. The van der Waals surface area contributed by atoms with Gasteiger partial charge in [0, 0.05) is 36.6 Å². The summed E-state index contributed by atoms with van der Waals surface area (Å²) in [6.45, 7) is 3.05. The van der Waals surface area contributed by atoms with Gasteiger partial charge in [0.1, 0.15) is 5.69 Å². The fraction of sp³-hybridized carbons (Fsp3) is 0.400. The maximum Gasteiger partial charge on any atom is 0.417 e. The molecular weight excluding hydrogens is 550 g/mol. The number of hydrogen-bond acceptors (Lipinski definition) is 5. The molecule has 0 unspecified atom stereocenters. The van der Waals surface area contributed by atoms with Crippen molar-refractivity contribution in [1.29, 1.82) is 0 Å². The van der Waals surface area contributed by atoms with Crippen LogP contribution >= 0.6 is 0 Å². The van der Waals surface area contributed by atoms with Crippen LogP contribution < -0.4 is 0 Å². The highest BCUT2D eigenvalue weighted by Crippen LogP contribution is 2.40. The van der Waals surface area contributed by atoms with Crippen LogP contribution in [0.25, 0.3) is 11.1 Å². The second kappa shape index (κ2) is 9.96. The molecule has 1 aromatic carbocycles. The number of likely N-dealkylation sites (tertiary alicyclic amines) is 1. The molecule has 1 aliphatic rings. The molecule has 0 aliphatic carbocycles. The molecule has 210 valence electrons. The van der Waals surface area contributed by atoms with Crippen LogP contribution in [-0.4, -0.2) is 52.2 Å². The molecule has 7 nitrogen and oxygen atoms in total. The first-order valence-corrected chi connectivity index (χ1v) is 13.3. The van der Waals surface area contributed by atoms with E-state index >= 15 is 0 Å².